The molecule has 1 atom stereocenters. The van der Waals surface area contributed by atoms with Crippen LogP contribution in [0.5, 0.6) is 0 Å². The number of carbonyl (C=O) groups excluding carboxylic acids is 3. The number of fused-ring (bicyclic) bond motifs is 2. The molecule has 5 rings (SSSR count). The van der Waals surface area contributed by atoms with Gasteiger partial charge in [0.15, 0.2) is 0 Å². The first kappa shape index (κ1) is 29.5. The number of carbonyl (C=O) groups is 3. The smallest absolute Gasteiger partial charge is 0.396 e. The molecular weight excluding hydrogens is 662 g/mol. The second-order valence-electron chi connectivity index (χ2n) is 11.0. The third-order valence-corrected chi connectivity index (χ3v) is 9.92. The molecule has 0 radical (unpaired) electrons. The first-order valence-corrected chi connectivity index (χ1v) is 16.1. The number of aryl methyl sites for hydroxylation is 2. The molecule has 2 aromatic rings. The number of ether oxygens (including phenoxy) is 1. The summed E-state index contributed by atoms with van der Waals surface area (Å²) in [6.45, 7) is 3.30. The third kappa shape index (κ3) is 6.41. The fourth-order valence-corrected chi connectivity index (χ4v) is 8.17. The van der Waals surface area contributed by atoms with Crippen molar-refractivity contribution < 1.29 is 19.1 Å². The van der Waals surface area contributed by atoms with E-state index in [4.69, 9.17) is 21.3 Å². The van der Waals surface area contributed by atoms with Gasteiger partial charge in [0.25, 0.3) is 0 Å². The molecule has 0 bridgehead atoms. The zero-order valence-electron chi connectivity index (χ0n) is 22.6. The topological polar surface area (TPSA) is 88.6 Å². The Labute approximate surface area is 257 Å². The Kier molecular flexibility index (Phi) is 9.52. The Balaban J connectivity index is 1.24. The van der Waals surface area contributed by atoms with Gasteiger partial charge in [0.05, 0.1) is 12.3 Å². The van der Waals surface area contributed by atoms with Crippen LogP contribution in [0.4, 0.5) is 0 Å². The van der Waals surface area contributed by atoms with E-state index in [9.17, 15) is 14.4 Å². The number of likely N-dealkylation sites (tertiary alicyclic amines) is 1. The Morgan fingerprint density at radius 1 is 1.02 bits per heavy atom. The molecule has 1 aromatic heterocycles. The number of halogens is 3. The summed E-state index contributed by atoms with van der Waals surface area (Å²) in [5.74, 6) is -0.869. The van der Waals surface area contributed by atoms with Crippen molar-refractivity contribution in [1.82, 2.24) is 15.2 Å². The number of esters is 1. The normalized spacial score (nSPS) is 23.0. The minimum absolute atomic E-state index is 0.0399. The zero-order chi connectivity index (χ0) is 28.4. The van der Waals surface area contributed by atoms with Crippen molar-refractivity contribution in [3.05, 3.63) is 60.7 Å². The van der Waals surface area contributed by atoms with E-state index in [1.807, 2.05) is 17.2 Å². The number of hydrogen-bond acceptors (Lipinski definition) is 5. The zero-order valence-corrected chi connectivity index (χ0v) is 26.5. The highest BCUT2D eigenvalue weighted by atomic mass is 79.9. The van der Waals surface area contributed by atoms with Crippen LogP contribution in [0.3, 0.4) is 0 Å². The van der Waals surface area contributed by atoms with Gasteiger partial charge >= 0.3 is 11.9 Å². The summed E-state index contributed by atoms with van der Waals surface area (Å²) >= 11 is 13.9. The lowest BCUT2D eigenvalue weighted by Crippen LogP contribution is -2.46. The Morgan fingerprint density at radius 3 is 2.42 bits per heavy atom. The van der Waals surface area contributed by atoms with Crippen LogP contribution >= 0.6 is 43.5 Å². The molecule has 2 amide bonds. The molecule has 2 aliphatic carbocycles. The van der Waals surface area contributed by atoms with Gasteiger partial charge in [0.1, 0.15) is 0 Å². The number of nitrogens with one attached hydrogen (secondary N) is 1. The first-order chi connectivity index (χ1) is 19.2. The van der Waals surface area contributed by atoms with Crippen LogP contribution in [0, 0.1) is 11.8 Å². The van der Waals surface area contributed by atoms with Crippen molar-refractivity contribution in [2.24, 2.45) is 11.8 Å². The summed E-state index contributed by atoms with van der Waals surface area (Å²) in [5, 5.41) is 3.49. The van der Waals surface area contributed by atoms with E-state index in [0.29, 0.717) is 31.6 Å². The standard InChI is InChI=1S/C30H34Br2ClN3O4/c1-2-40-30(39)28(37)35-23-7-5-18(6-8-23)29(38)36-11-9-17(10-12-36)26-25-19(14-22(33)15-24(25)32)3-4-20-13-21(31)16-34-27(20)26/h13-18,23,26H,2-12H2,1H3,(H,35,37)/t18?,23?,26-/m1/s1. The van der Waals surface area contributed by atoms with Crippen LogP contribution in [-0.4, -0.2) is 53.4 Å². The first-order valence-electron chi connectivity index (χ1n) is 14.1. The van der Waals surface area contributed by atoms with Crippen molar-refractivity contribution in [1.29, 1.82) is 0 Å². The second-order valence-corrected chi connectivity index (χ2v) is 13.2. The van der Waals surface area contributed by atoms with E-state index in [2.05, 4.69) is 49.3 Å². The maximum Gasteiger partial charge on any atom is 0.396 e. The van der Waals surface area contributed by atoms with Crippen molar-refractivity contribution in [2.75, 3.05) is 19.7 Å². The fourth-order valence-electron chi connectivity index (χ4n) is 6.67. The lowest BCUT2D eigenvalue weighted by molar-refractivity contribution is -0.155. The maximum absolute atomic E-state index is 13.5. The van der Waals surface area contributed by atoms with E-state index in [1.54, 1.807) is 6.92 Å². The molecule has 214 valence electrons. The molecule has 1 saturated carbocycles. The predicted octanol–water partition coefficient (Wildman–Crippen LogP) is 5.97. The van der Waals surface area contributed by atoms with E-state index in [-0.39, 0.29) is 30.4 Å². The number of pyridine rings is 1. The molecule has 0 spiro atoms. The van der Waals surface area contributed by atoms with Crippen LogP contribution in [0.2, 0.25) is 5.02 Å². The number of hydrogen-bond donors (Lipinski definition) is 1. The second kappa shape index (κ2) is 12.9. The third-order valence-electron chi connectivity index (χ3n) is 8.61. The van der Waals surface area contributed by atoms with Crippen LogP contribution in [0.1, 0.15) is 73.8 Å². The summed E-state index contributed by atoms with van der Waals surface area (Å²) in [5.41, 5.74) is 4.96. The van der Waals surface area contributed by atoms with Crippen LogP contribution in [-0.2, 0) is 32.0 Å². The highest BCUT2D eigenvalue weighted by Gasteiger charge is 2.38. The van der Waals surface area contributed by atoms with Crippen molar-refractivity contribution in [2.45, 2.75) is 70.3 Å². The molecule has 2 fully saturated rings. The van der Waals surface area contributed by atoms with Gasteiger partial charge in [-0.1, -0.05) is 27.5 Å². The molecule has 1 aromatic carbocycles. The molecular formula is C30H34Br2ClN3O4. The Morgan fingerprint density at radius 2 is 1.73 bits per heavy atom. The summed E-state index contributed by atoms with van der Waals surface area (Å²) in [6.07, 6.45) is 8.33. The molecule has 3 aliphatic rings. The summed E-state index contributed by atoms with van der Waals surface area (Å²) in [6, 6.07) is 6.18. The lowest BCUT2D eigenvalue weighted by atomic mass is 9.76. The molecule has 7 nitrogen and oxygen atoms in total. The number of aromatic nitrogens is 1. The molecule has 40 heavy (non-hydrogen) atoms. The summed E-state index contributed by atoms with van der Waals surface area (Å²) in [7, 11) is 0. The average molecular weight is 696 g/mol. The minimum atomic E-state index is -0.847. The fraction of sp³-hybridized carbons (Fsp3) is 0.533. The van der Waals surface area contributed by atoms with Gasteiger partial charge in [-0.2, -0.15) is 0 Å². The summed E-state index contributed by atoms with van der Waals surface area (Å²) < 4.78 is 6.79. The number of rotatable bonds is 4. The molecule has 0 unspecified atom stereocenters. The van der Waals surface area contributed by atoms with E-state index in [1.165, 1.54) is 16.7 Å². The molecule has 10 heteroatoms. The highest BCUT2D eigenvalue weighted by molar-refractivity contribution is 9.10. The Hall–Kier alpha value is -1.97. The van der Waals surface area contributed by atoms with E-state index in [0.717, 1.165) is 58.4 Å². The van der Waals surface area contributed by atoms with Crippen molar-refractivity contribution >= 4 is 61.2 Å². The monoisotopic (exact) mass is 693 g/mol. The van der Waals surface area contributed by atoms with Crippen LogP contribution in [0.15, 0.2) is 33.3 Å². The van der Waals surface area contributed by atoms with E-state index < -0.39 is 11.9 Å². The molecule has 1 N–H and O–H groups in total. The minimum Gasteiger partial charge on any atom is -0.459 e. The number of piperidine rings is 1. The van der Waals surface area contributed by atoms with Crippen LogP contribution in [0.25, 0.3) is 0 Å². The predicted molar refractivity (Wildman–Crippen MR) is 160 cm³/mol. The maximum atomic E-state index is 13.5. The molecule has 2 heterocycles. The largest absolute Gasteiger partial charge is 0.459 e. The average Bonchev–Trinajstić information content (AvgIpc) is 3.10. The van der Waals surface area contributed by atoms with Gasteiger partial charge in [0.2, 0.25) is 5.91 Å². The SMILES string of the molecule is CCOC(=O)C(=O)NC1CCC(C(=O)N2CCC([C@H]3c4ncc(Br)cc4CCc4cc(Cl)cc(Br)c43)CC2)CC1. The van der Waals surface area contributed by atoms with Gasteiger partial charge < -0.3 is 15.0 Å². The van der Waals surface area contributed by atoms with Gasteiger partial charge in [0, 0.05) is 51.1 Å². The molecule has 1 aliphatic heterocycles. The van der Waals surface area contributed by atoms with Crippen molar-refractivity contribution in [3.63, 3.8) is 0 Å². The quantitative estimate of drug-likeness (QED) is 0.315. The van der Waals surface area contributed by atoms with Crippen molar-refractivity contribution in [3.8, 4) is 0 Å². The molecule has 1 saturated heterocycles. The van der Waals surface area contributed by atoms with Crippen LogP contribution < -0.4 is 5.32 Å². The van der Waals surface area contributed by atoms with Gasteiger partial charge in [-0.05, 0) is 115 Å². The highest BCUT2D eigenvalue weighted by Crippen LogP contribution is 2.46. The Bertz CT molecular complexity index is 1290. The van der Waals surface area contributed by atoms with Gasteiger partial charge in [-0.15, -0.1) is 0 Å². The summed E-state index contributed by atoms with van der Waals surface area (Å²) in [4.78, 5) is 44.0. The number of nitrogens with zero attached hydrogens (tertiary/aromatic N) is 2. The number of benzene rings is 1. The van der Waals surface area contributed by atoms with Gasteiger partial charge in [-0.3, -0.25) is 14.6 Å². The lowest BCUT2D eigenvalue weighted by Gasteiger charge is -2.39. The van der Waals surface area contributed by atoms with Gasteiger partial charge in [-0.25, -0.2) is 4.79 Å². The number of amides is 2. The van der Waals surface area contributed by atoms with E-state index >= 15 is 0 Å².